The standard InChI is InChI=1S/C42H81NO11/c1-3-5-7-9-11-13-15-16-17-18-19-20-22-24-26-28-34(46)43(29-27-25-23-21-14-12-10-8-6-4-2)41-38(50)37(49)40(33(31-45)52-41)54-42-39(51)36(48)35(47)32(30-44)53-42/h32-33,35-42,44-45,47-51H,3-31H2,1-2H3/t32-,33-,35+,36+,37-,38-,39-,40-,41-,42+/m1/s1. The lowest BCUT2D eigenvalue weighted by Gasteiger charge is -2.48. The first-order valence-corrected chi connectivity index (χ1v) is 22.1. The number of ether oxygens (including phenoxy) is 3. The van der Waals surface area contributed by atoms with Crippen molar-refractivity contribution in [1.82, 2.24) is 4.90 Å². The van der Waals surface area contributed by atoms with Crippen LogP contribution in [0.2, 0.25) is 0 Å². The Balaban J connectivity index is 1.89. The van der Waals surface area contributed by atoms with Crippen LogP contribution >= 0.6 is 0 Å². The van der Waals surface area contributed by atoms with E-state index in [4.69, 9.17) is 14.2 Å². The van der Waals surface area contributed by atoms with Crippen LogP contribution in [0.3, 0.4) is 0 Å². The van der Waals surface area contributed by atoms with E-state index in [-0.39, 0.29) is 12.3 Å². The van der Waals surface area contributed by atoms with Gasteiger partial charge in [-0.05, 0) is 12.8 Å². The van der Waals surface area contributed by atoms with Crippen LogP contribution in [0.4, 0.5) is 0 Å². The molecule has 0 saturated carbocycles. The summed E-state index contributed by atoms with van der Waals surface area (Å²) >= 11 is 0. The first-order valence-electron chi connectivity index (χ1n) is 22.1. The lowest BCUT2D eigenvalue weighted by molar-refractivity contribution is -0.348. The van der Waals surface area contributed by atoms with Crippen LogP contribution in [-0.4, -0.2) is 128 Å². The van der Waals surface area contributed by atoms with Crippen LogP contribution in [-0.2, 0) is 19.0 Å². The van der Waals surface area contributed by atoms with E-state index in [0.29, 0.717) is 19.4 Å². The van der Waals surface area contributed by atoms with Crippen LogP contribution in [0.5, 0.6) is 0 Å². The molecule has 12 nitrogen and oxygen atoms in total. The number of aliphatic hydroxyl groups excluding tert-OH is 7. The Bertz CT molecular complexity index is 911. The van der Waals surface area contributed by atoms with Gasteiger partial charge in [-0.3, -0.25) is 4.79 Å². The van der Waals surface area contributed by atoms with Crippen molar-refractivity contribution in [3.05, 3.63) is 0 Å². The van der Waals surface area contributed by atoms with E-state index < -0.39 is 74.6 Å². The molecule has 0 aromatic heterocycles. The summed E-state index contributed by atoms with van der Waals surface area (Å²) in [5.74, 6) is -0.179. The Hall–Kier alpha value is -0.930. The SMILES string of the molecule is CCCCCCCCCCCCCCCCCC(=O)N(CCCCCCCCCCCC)[C@@H]1O[C@H](CO)[C@@H](O[C@@H]2O[C@H](CO)[C@H](O)[C@H](O)[C@H]2O)[C@H](O)[C@H]1O. The van der Waals surface area contributed by atoms with Gasteiger partial charge >= 0.3 is 0 Å². The third-order valence-corrected chi connectivity index (χ3v) is 11.4. The summed E-state index contributed by atoms with van der Waals surface area (Å²) < 4.78 is 17.3. The topological polar surface area (TPSA) is 190 Å². The Morgan fingerprint density at radius 1 is 0.500 bits per heavy atom. The number of rotatable bonds is 32. The predicted molar refractivity (Wildman–Crippen MR) is 210 cm³/mol. The highest BCUT2D eigenvalue weighted by atomic mass is 16.7. The van der Waals surface area contributed by atoms with E-state index in [1.165, 1.54) is 114 Å². The van der Waals surface area contributed by atoms with E-state index in [1.54, 1.807) is 0 Å². The minimum Gasteiger partial charge on any atom is -0.394 e. The summed E-state index contributed by atoms with van der Waals surface area (Å²) in [6, 6.07) is 0. The Labute approximate surface area is 327 Å². The molecule has 0 radical (unpaired) electrons. The van der Waals surface area contributed by atoms with Gasteiger partial charge in [-0.2, -0.15) is 0 Å². The molecule has 10 atom stereocenters. The van der Waals surface area contributed by atoms with Crippen LogP contribution in [0, 0.1) is 0 Å². The Morgan fingerprint density at radius 2 is 0.926 bits per heavy atom. The number of hydrogen-bond acceptors (Lipinski definition) is 11. The van der Waals surface area contributed by atoms with E-state index in [2.05, 4.69) is 13.8 Å². The maximum Gasteiger partial charge on any atom is 0.224 e. The van der Waals surface area contributed by atoms with E-state index in [9.17, 15) is 40.5 Å². The largest absolute Gasteiger partial charge is 0.394 e. The molecule has 2 rings (SSSR count). The Morgan fingerprint density at radius 3 is 1.37 bits per heavy atom. The summed E-state index contributed by atoms with van der Waals surface area (Å²) in [7, 11) is 0. The predicted octanol–water partition coefficient (Wildman–Crippen LogP) is 5.62. The molecule has 320 valence electrons. The van der Waals surface area contributed by atoms with Gasteiger partial charge in [0.25, 0.3) is 0 Å². The van der Waals surface area contributed by atoms with Crippen molar-refractivity contribution in [2.45, 2.75) is 242 Å². The molecule has 0 aromatic rings. The monoisotopic (exact) mass is 776 g/mol. The van der Waals surface area contributed by atoms with Crippen LogP contribution < -0.4 is 0 Å². The highest BCUT2D eigenvalue weighted by molar-refractivity contribution is 5.76. The maximum absolute atomic E-state index is 13.7. The zero-order valence-corrected chi connectivity index (χ0v) is 34.0. The fourth-order valence-electron chi connectivity index (χ4n) is 7.78. The third kappa shape index (κ3) is 18.1. The summed E-state index contributed by atoms with van der Waals surface area (Å²) in [4.78, 5) is 15.2. The van der Waals surface area contributed by atoms with Gasteiger partial charge in [-0.25, -0.2) is 0 Å². The quantitative estimate of drug-likeness (QED) is 0.0420. The first-order chi connectivity index (χ1) is 26.2. The van der Waals surface area contributed by atoms with Gasteiger partial charge < -0.3 is 54.9 Å². The molecule has 0 bridgehead atoms. The first kappa shape index (κ1) is 49.2. The van der Waals surface area contributed by atoms with E-state index in [0.717, 1.165) is 38.5 Å². The number of nitrogens with zero attached hydrogens (tertiary/aromatic N) is 1. The second-order valence-corrected chi connectivity index (χ2v) is 16.0. The molecule has 7 N–H and O–H groups in total. The van der Waals surface area contributed by atoms with Gasteiger partial charge in [0, 0.05) is 13.0 Å². The number of carbonyl (C=O) groups is 1. The number of aliphatic hydroxyl groups is 7. The molecule has 54 heavy (non-hydrogen) atoms. The van der Waals surface area contributed by atoms with Crippen molar-refractivity contribution in [3.8, 4) is 0 Å². The number of unbranched alkanes of at least 4 members (excludes halogenated alkanes) is 23. The molecule has 0 aromatic carbocycles. The summed E-state index contributed by atoms with van der Waals surface area (Å²) in [6.45, 7) is 3.49. The lowest BCUT2D eigenvalue weighted by Crippen LogP contribution is -2.67. The molecule has 12 heteroatoms. The summed E-state index contributed by atoms with van der Waals surface area (Å²) in [5.41, 5.74) is 0. The fourth-order valence-corrected chi connectivity index (χ4v) is 7.78. The molecular formula is C42H81NO11. The molecule has 2 saturated heterocycles. The number of amides is 1. The second-order valence-electron chi connectivity index (χ2n) is 16.0. The highest BCUT2D eigenvalue weighted by Gasteiger charge is 2.51. The van der Waals surface area contributed by atoms with Crippen molar-refractivity contribution in [1.29, 1.82) is 0 Å². The van der Waals surface area contributed by atoms with Crippen molar-refractivity contribution in [3.63, 3.8) is 0 Å². The summed E-state index contributed by atoms with van der Waals surface area (Å²) in [5, 5.41) is 73.2. The van der Waals surface area contributed by atoms with Crippen molar-refractivity contribution >= 4 is 5.91 Å². The van der Waals surface area contributed by atoms with E-state index in [1.807, 2.05) is 0 Å². The van der Waals surface area contributed by atoms with Gasteiger partial charge in [0.15, 0.2) is 12.5 Å². The van der Waals surface area contributed by atoms with Gasteiger partial charge in [-0.1, -0.05) is 162 Å². The number of carbonyl (C=O) groups excluding carboxylic acids is 1. The second kappa shape index (κ2) is 30.2. The molecule has 2 fully saturated rings. The minimum absolute atomic E-state index is 0.179. The molecule has 2 aliphatic rings. The van der Waals surface area contributed by atoms with Crippen LogP contribution in [0.25, 0.3) is 0 Å². The molecule has 0 unspecified atom stereocenters. The van der Waals surface area contributed by atoms with Crippen LogP contribution in [0.1, 0.15) is 181 Å². The normalized spacial score (nSPS) is 28.8. The average Bonchev–Trinajstić information content (AvgIpc) is 3.17. The maximum atomic E-state index is 13.7. The average molecular weight is 776 g/mol. The summed E-state index contributed by atoms with van der Waals surface area (Å²) in [6.07, 6.45) is 15.0. The van der Waals surface area contributed by atoms with Gasteiger partial charge in [0.1, 0.15) is 48.8 Å². The molecule has 2 aliphatic heterocycles. The molecule has 0 aliphatic carbocycles. The lowest BCUT2D eigenvalue weighted by atomic mass is 9.95. The molecule has 2 heterocycles. The van der Waals surface area contributed by atoms with Gasteiger partial charge in [-0.15, -0.1) is 0 Å². The molecule has 0 spiro atoms. The van der Waals surface area contributed by atoms with Gasteiger partial charge in [0.05, 0.1) is 13.2 Å². The Kier molecular flexibility index (Phi) is 27.5. The molecular weight excluding hydrogens is 694 g/mol. The highest BCUT2D eigenvalue weighted by Crippen LogP contribution is 2.31. The number of hydrogen-bond donors (Lipinski definition) is 7. The zero-order valence-electron chi connectivity index (χ0n) is 34.0. The smallest absolute Gasteiger partial charge is 0.224 e. The molecule has 1 amide bonds. The van der Waals surface area contributed by atoms with Crippen molar-refractivity contribution in [2.75, 3.05) is 19.8 Å². The minimum atomic E-state index is -1.74. The van der Waals surface area contributed by atoms with E-state index >= 15 is 0 Å². The zero-order chi connectivity index (χ0) is 39.6. The van der Waals surface area contributed by atoms with Crippen LogP contribution in [0.15, 0.2) is 0 Å². The van der Waals surface area contributed by atoms with Crippen molar-refractivity contribution in [2.24, 2.45) is 0 Å². The third-order valence-electron chi connectivity index (χ3n) is 11.4. The van der Waals surface area contributed by atoms with Crippen molar-refractivity contribution < 1.29 is 54.8 Å². The fraction of sp³-hybridized carbons (Fsp3) is 0.976. The van der Waals surface area contributed by atoms with Gasteiger partial charge in [0.2, 0.25) is 5.91 Å².